The Morgan fingerprint density at radius 3 is 2.67 bits per heavy atom. The molecular weight excluding hydrogens is 250 g/mol. The normalized spacial score (nSPS) is 12.3. The van der Waals surface area contributed by atoms with E-state index < -0.39 is 0 Å². The fourth-order valence-electron chi connectivity index (χ4n) is 1.29. The SMILES string of the molecule is C[C@H](CNC(=O)CNc1ccccc1Cl)N(C)C. The lowest BCUT2D eigenvalue weighted by molar-refractivity contribution is -0.119. The first-order valence-corrected chi connectivity index (χ1v) is 6.30. The summed E-state index contributed by atoms with van der Waals surface area (Å²) in [4.78, 5) is 13.7. The molecule has 0 spiro atoms. The molecule has 5 heteroatoms. The molecule has 1 atom stereocenters. The van der Waals surface area contributed by atoms with Gasteiger partial charge in [0, 0.05) is 12.6 Å². The summed E-state index contributed by atoms with van der Waals surface area (Å²) in [6.07, 6.45) is 0. The summed E-state index contributed by atoms with van der Waals surface area (Å²) in [7, 11) is 3.97. The molecule has 0 fully saturated rings. The first kappa shape index (κ1) is 14.8. The maximum absolute atomic E-state index is 11.6. The molecule has 100 valence electrons. The lowest BCUT2D eigenvalue weighted by Gasteiger charge is -2.20. The van der Waals surface area contributed by atoms with E-state index in [1.165, 1.54) is 0 Å². The highest BCUT2D eigenvalue weighted by atomic mass is 35.5. The number of anilines is 1. The smallest absolute Gasteiger partial charge is 0.239 e. The molecule has 0 bridgehead atoms. The van der Waals surface area contributed by atoms with Crippen molar-refractivity contribution in [3.8, 4) is 0 Å². The lowest BCUT2D eigenvalue weighted by atomic mass is 10.3. The minimum atomic E-state index is -0.0383. The number of halogens is 1. The van der Waals surface area contributed by atoms with Crippen LogP contribution in [0.1, 0.15) is 6.92 Å². The van der Waals surface area contributed by atoms with E-state index in [4.69, 9.17) is 11.6 Å². The van der Waals surface area contributed by atoms with E-state index in [2.05, 4.69) is 22.5 Å². The lowest BCUT2D eigenvalue weighted by Crippen LogP contribution is -2.40. The summed E-state index contributed by atoms with van der Waals surface area (Å²) < 4.78 is 0. The summed E-state index contributed by atoms with van der Waals surface area (Å²) in [5.74, 6) is -0.0383. The molecule has 0 saturated carbocycles. The van der Waals surface area contributed by atoms with Gasteiger partial charge >= 0.3 is 0 Å². The molecule has 0 aliphatic rings. The minimum Gasteiger partial charge on any atom is -0.375 e. The van der Waals surface area contributed by atoms with Crippen molar-refractivity contribution in [1.29, 1.82) is 0 Å². The fourth-order valence-corrected chi connectivity index (χ4v) is 1.49. The molecule has 1 rings (SSSR count). The second kappa shape index (κ2) is 7.24. The van der Waals surface area contributed by atoms with Crippen molar-refractivity contribution in [3.63, 3.8) is 0 Å². The maximum Gasteiger partial charge on any atom is 0.239 e. The Labute approximate surface area is 113 Å². The fraction of sp³-hybridized carbons (Fsp3) is 0.462. The largest absolute Gasteiger partial charge is 0.375 e. The number of nitrogens with zero attached hydrogens (tertiary/aromatic N) is 1. The van der Waals surface area contributed by atoms with Crippen molar-refractivity contribution in [2.45, 2.75) is 13.0 Å². The second-order valence-electron chi connectivity index (χ2n) is 4.45. The van der Waals surface area contributed by atoms with Gasteiger partial charge in [0.05, 0.1) is 17.3 Å². The summed E-state index contributed by atoms with van der Waals surface area (Å²) in [6.45, 7) is 2.92. The third-order valence-corrected chi connectivity index (χ3v) is 3.12. The summed E-state index contributed by atoms with van der Waals surface area (Å²) in [5.41, 5.74) is 0.773. The van der Waals surface area contributed by atoms with E-state index in [9.17, 15) is 4.79 Å². The quantitative estimate of drug-likeness (QED) is 0.828. The van der Waals surface area contributed by atoms with E-state index in [0.717, 1.165) is 5.69 Å². The van der Waals surface area contributed by atoms with Crippen LogP contribution >= 0.6 is 11.6 Å². The Kier molecular flexibility index (Phi) is 5.95. The third kappa shape index (κ3) is 4.94. The summed E-state index contributed by atoms with van der Waals surface area (Å²) >= 11 is 5.98. The Bertz CT molecular complexity index is 396. The molecule has 0 radical (unpaired) electrons. The van der Waals surface area contributed by atoms with E-state index in [1.54, 1.807) is 6.07 Å². The molecule has 2 N–H and O–H groups in total. The molecule has 0 aliphatic heterocycles. The molecule has 1 aromatic rings. The highest BCUT2D eigenvalue weighted by Crippen LogP contribution is 2.19. The molecule has 0 aromatic heterocycles. The topological polar surface area (TPSA) is 44.4 Å². The van der Waals surface area contributed by atoms with Crippen molar-refractivity contribution in [2.75, 3.05) is 32.5 Å². The molecular formula is C13H20ClN3O. The van der Waals surface area contributed by atoms with Crippen molar-refractivity contribution in [1.82, 2.24) is 10.2 Å². The van der Waals surface area contributed by atoms with Gasteiger partial charge < -0.3 is 15.5 Å². The molecule has 4 nitrogen and oxygen atoms in total. The van der Waals surface area contributed by atoms with Gasteiger partial charge in [-0.05, 0) is 33.2 Å². The number of amides is 1. The highest BCUT2D eigenvalue weighted by Gasteiger charge is 2.07. The number of hydrogen-bond donors (Lipinski definition) is 2. The van der Waals surface area contributed by atoms with Crippen LogP contribution in [0.25, 0.3) is 0 Å². The van der Waals surface area contributed by atoms with Crippen LogP contribution in [0.2, 0.25) is 5.02 Å². The van der Waals surface area contributed by atoms with Crippen LogP contribution < -0.4 is 10.6 Å². The number of hydrogen-bond acceptors (Lipinski definition) is 3. The zero-order chi connectivity index (χ0) is 13.5. The van der Waals surface area contributed by atoms with Gasteiger partial charge in [0.25, 0.3) is 0 Å². The molecule has 0 aliphatic carbocycles. The first-order valence-electron chi connectivity index (χ1n) is 5.92. The van der Waals surface area contributed by atoms with Gasteiger partial charge in [0.1, 0.15) is 0 Å². The minimum absolute atomic E-state index is 0.0383. The van der Waals surface area contributed by atoms with Gasteiger partial charge in [-0.25, -0.2) is 0 Å². The monoisotopic (exact) mass is 269 g/mol. The second-order valence-corrected chi connectivity index (χ2v) is 4.86. The molecule has 0 saturated heterocycles. The standard InChI is InChI=1S/C13H20ClN3O/c1-10(17(2)3)8-16-13(18)9-15-12-7-5-4-6-11(12)14/h4-7,10,15H,8-9H2,1-3H3,(H,16,18)/t10-/m1/s1. The average molecular weight is 270 g/mol. The van der Waals surface area contributed by atoms with Gasteiger partial charge in [0.2, 0.25) is 5.91 Å². The van der Waals surface area contributed by atoms with Crippen LogP contribution in [0, 0.1) is 0 Å². The molecule has 18 heavy (non-hydrogen) atoms. The summed E-state index contributed by atoms with van der Waals surface area (Å²) in [5, 5.41) is 6.49. The van der Waals surface area contributed by atoms with E-state index in [0.29, 0.717) is 17.6 Å². The Morgan fingerprint density at radius 2 is 2.06 bits per heavy atom. The van der Waals surface area contributed by atoms with E-state index >= 15 is 0 Å². The Hall–Kier alpha value is -1.26. The molecule has 1 aromatic carbocycles. The summed E-state index contributed by atoms with van der Waals surface area (Å²) in [6, 6.07) is 7.68. The zero-order valence-electron chi connectivity index (χ0n) is 11.0. The number of carbonyl (C=O) groups excluding carboxylic acids is 1. The number of likely N-dealkylation sites (N-methyl/N-ethyl adjacent to an activating group) is 1. The van der Waals surface area contributed by atoms with Crippen molar-refractivity contribution < 1.29 is 4.79 Å². The number of carbonyl (C=O) groups is 1. The third-order valence-electron chi connectivity index (χ3n) is 2.79. The van der Waals surface area contributed by atoms with Crippen LogP contribution in [0.15, 0.2) is 24.3 Å². The zero-order valence-corrected chi connectivity index (χ0v) is 11.8. The van der Waals surface area contributed by atoms with Crippen LogP contribution in [0.5, 0.6) is 0 Å². The molecule has 0 heterocycles. The van der Waals surface area contributed by atoms with Gasteiger partial charge in [0.15, 0.2) is 0 Å². The van der Waals surface area contributed by atoms with Crippen LogP contribution in [-0.4, -0.2) is 44.0 Å². The van der Waals surface area contributed by atoms with Crippen LogP contribution in [-0.2, 0) is 4.79 Å². The average Bonchev–Trinajstić information content (AvgIpc) is 2.34. The van der Waals surface area contributed by atoms with Crippen molar-refractivity contribution in [3.05, 3.63) is 29.3 Å². The first-order chi connectivity index (χ1) is 8.50. The molecule has 1 amide bonds. The van der Waals surface area contributed by atoms with Crippen molar-refractivity contribution in [2.24, 2.45) is 0 Å². The Balaban J connectivity index is 2.32. The maximum atomic E-state index is 11.6. The predicted octanol–water partition coefficient (Wildman–Crippen LogP) is 1.82. The number of benzene rings is 1. The van der Waals surface area contributed by atoms with Crippen LogP contribution in [0.4, 0.5) is 5.69 Å². The van der Waals surface area contributed by atoms with E-state index in [-0.39, 0.29) is 12.5 Å². The van der Waals surface area contributed by atoms with Gasteiger partial charge in [-0.2, -0.15) is 0 Å². The van der Waals surface area contributed by atoms with Gasteiger partial charge in [-0.1, -0.05) is 23.7 Å². The van der Waals surface area contributed by atoms with Gasteiger partial charge in [-0.15, -0.1) is 0 Å². The predicted molar refractivity (Wildman–Crippen MR) is 76.1 cm³/mol. The number of rotatable bonds is 6. The number of nitrogens with one attached hydrogen (secondary N) is 2. The highest BCUT2D eigenvalue weighted by molar-refractivity contribution is 6.33. The van der Waals surface area contributed by atoms with Crippen molar-refractivity contribution >= 4 is 23.2 Å². The Morgan fingerprint density at radius 1 is 1.39 bits per heavy atom. The van der Waals surface area contributed by atoms with Gasteiger partial charge in [-0.3, -0.25) is 4.79 Å². The van der Waals surface area contributed by atoms with Crippen LogP contribution in [0.3, 0.4) is 0 Å². The molecule has 0 unspecified atom stereocenters. The number of para-hydroxylation sites is 1. The van der Waals surface area contributed by atoms with E-state index in [1.807, 2.05) is 32.3 Å².